The summed E-state index contributed by atoms with van der Waals surface area (Å²) in [5.41, 5.74) is 2.35. The van der Waals surface area contributed by atoms with Crippen LogP contribution in [0.2, 0.25) is 0 Å². The highest BCUT2D eigenvalue weighted by Gasteiger charge is 2.18. The van der Waals surface area contributed by atoms with Crippen LogP contribution in [0, 0.1) is 6.92 Å². The number of ether oxygens (including phenoxy) is 1. The first-order valence-corrected chi connectivity index (χ1v) is 10.1. The Bertz CT molecular complexity index is 899. The molecule has 31 heavy (non-hydrogen) atoms. The summed E-state index contributed by atoms with van der Waals surface area (Å²) in [6.45, 7) is 4.35. The molecule has 166 valence electrons. The van der Waals surface area contributed by atoms with Gasteiger partial charge in [0.15, 0.2) is 0 Å². The Kier molecular flexibility index (Phi) is 9.02. The third-order valence-electron chi connectivity index (χ3n) is 4.70. The van der Waals surface area contributed by atoms with Crippen LogP contribution in [0.25, 0.3) is 0 Å². The van der Waals surface area contributed by atoms with Crippen molar-refractivity contribution < 1.29 is 19.1 Å². The molecule has 0 bridgehead atoms. The van der Waals surface area contributed by atoms with E-state index in [1.165, 1.54) is 12.0 Å². The maximum absolute atomic E-state index is 12.5. The van der Waals surface area contributed by atoms with Gasteiger partial charge in [-0.25, -0.2) is 0 Å². The molecule has 0 saturated heterocycles. The van der Waals surface area contributed by atoms with Crippen LogP contribution in [0.4, 0.5) is 11.4 Å². The highest BCUT2D eigenvalue weighted by atomic mass is 16.5. The molecule has 0 heterocycles. The van der Waals surface area contributed by atoms with Crippen molar-refractivity contribution in [2.24, 2.45) is 0 Å². The highest BCUT2D eigenvalue weighted by Crippen LogP contribution is 2.22. The number of hydrogen-bond donors (Lipinski definition) is 2. The number of benzene rings is 2. The molecule has 8 heteroatoms. The molecule has 2 aromatic carbocycles. The molecular weight excluding hydrogens is 396 g/mol. The molecular formula is C23H30N4O4. The number of methoxy groups -OCH3 is 1. The highest BCUT2D eigenvalue weighted by molar-refractivity contribution is 5.95. The number of carbonyl (C=O) groups is 3. The molecule has 8 nitrogen and oxygen atoms in total. The Hall–Kier alpha value is -3.39. The van der Waals surface area contributed by atoms with Crippen LogP contribution < -0.4 is 15.4 Å². The second-order valence-corrected chi connectivity index (χ2v) is 7.22. The zero-order valence-corrected chi connectivity index (χ0v) is 18.5. The maximum atomic E-state index is 12.5. The SMILES string of the molecule is CCN(CC(=O)Nc1ccccc1OC)CC(=O)N(C)CC(=O)Nc1ccc(C)cc1. The van der Waals surface area contributed by atoms with E-state index in [1.54, 1.807) is 30.1 Å². The molecule has 0 fully saturated rings. The summed E-state index contributed by atoms with van der Waals surface area (Å²) in [7, 11) is 3.10. The standard InChI is InChI=1S/C23H30N4O4/c1-5-27(15-22(29)25-19-8-6-7-9-20(19)31-4)16-23(30)26(3)14-21(28)24-18-12-10-17(2)11-13-18/h6-13H,5,14-16H2,1-4H3,(H,24,28)(H,25,29). The van der Waals surface area contributed by atoms with Gasteiger partial charge in [0, 0.05) is 12.7 Å². The van der Waals surface area contributed by atoms with Crippen LogP contribution in [0.1, 0.15) is 12.5 Å². The minimum atomic E-state index is -0.281. The fourth-order valence-electron chi connectivity index (χ4n) is 2.87. The van der Waals surface area contributed by atoms with Gasteiger partial charge in [-0.2, -0.15) is 0 Å². The Morgan fingerprint density at radius 3 is 2.19 bits per heavy atom. The zero-order valence-electron chi connectivity index (χ0n) is 18.5. The van der Waals surface area contributed by atoms with Crippen LogP contribution in [0.3, 0.4) is 0 Å². The van der Waals surface area contributed by atoms with Crippen LogP contribution in [-0.4, -0.2) is 67.9 Å². The van der Waals surface area contributed by atoms with Crippen LogP contribution >= 0.6 is 0 Å². The third kappa shape index (κ3) is 7.75. The van der Waals surface area contributed by atoms with Crippen molar-refractivity contribution >= 4 is 29.1 Å². The van der Waals surface area contributed by atoms with Crippen molar-refractivity contribution in [1.29, 1.82) is 0 Å². The first kappa shape index (κ1) is 23.9. The molecule has 3 amide bonds. The van der Waals surface area contributed by atoms with E-state index in [2.05, 4.69) is 10.6 Å². The predicted molar refractivity (Wildman–Crippen MR) is 121 cm³/mol. The fraction of sp³-hybridized carbons (Fsp3) is 0.348. The van der Waals surface area contributed by atoms with E-state index < -0.39 is 0 Å². The Balaban J connectivity index is 1.84. The number of amides is 3. The third-order valence-corrected chi connectivity index (χ3v) is 4.70. The second-order valence-electron chi connectivity index (χ2n) is 7.22. The Morgan fingerprint density at radius 2 is 1.55 bits per heavy atom. The van der Waals surface area contributed by atoms with Crippen molar-refractivity contribution in [3.05, 3.63) is 54.1 Å². The van der Waals surface area contributed by atoms with Gasteiger partial charge in [0.05, 0.1) is 32.4 Å². The van der Waals surface area contributed by atoms with Gasteiger partial charge >= 0.3 is 0 Å². The largest absolute Gasteiger partial charge is 0.495 e. The van der Waals surface area contributed by atoms with Crippen molar-refractivity contribution in [3.8, 4) is 5.75 Å². The van der Waals surface area contributed by atoms with Gasteiger partial charge in [0.2, 0.25) is 17.7 Å². The number of rotatable bonds is 10. The van der Waals surface area contributed by atoms with Crippen molar-refractivity contribution in [2.45, 2.75) is 13.8 Å². The van der Waals surface area contributed by atoms with Gasteiger partial charge in [0.25, 0.3) is 0 Å². The quantitative estimate of drug-likeness (QED) is 0.609. The van der Waals surface area contributed by atoms with Gasteiger partial charge < -0.3 is 20.3 Å². The van der Waals surface area contributed by atoms with E-state index >= 15 is 0 Å². The summed E-state index contributed by atoms with van der Waals surface area (Å²) in [6, 6.07) is 14.6. The molecule has 2 rings (SSSR count). The molecule has 0 spiro atoms. The minimum Gasteiger partial charge on any atom is -0.495 e. The van der Waals surface area contributed by atoms with Gasteiger partial charge in [0.1, 0.15) is 5.75 Å². The Morgan fingerprint density at radius 1 is 0.903 bits per heavy atom. The van der Waals surface area contributed by atoms with Crippen LogP contribution in [0.5, 0.6) is 5.75 Å². The van der Waals surface area contributed by atoms with E-state index in [0.29, 0.717) is 23.7 Å². The summed E-state index contributed by atoms with van der Waals surface area (Å²) >= 11 is 0. The van der Waals surface area contributed by atoms with Crippen molar-refractivity contribution in [1.82, 2.24) is 9.80 Å². The van der Waals surface area contributed by atoms with E-state index in [-0.39, 0.29) is 37.4 Å². The zero-order chi connectivity index (χ0) is 22.8. The molecule has 0 atom stereocenters. The van der Waals surface area contributed by atoms with Crippen molar-refractivity contribution in [3.63, 3.8) is 0 Å². The van der Waals surface area contributed by atoms with Gasteiger partial charge in [-0.1, -0.05) is 36.8 Å². The monoisotopic (exact) mass is 426 g/mol. The Labute approximate surface area is 183 Å². The molecule has 2 aromatic rings. The topological polar surface area (TPSA) is 91.0 Å². The summed E-state index contributed by atoms with van der Waals surface area (Å²) in [4.78, 5) is 40.2. The molecule has 2 N–H and O–H groups in total. The normalized spacial score (nSPS) is 10.5. The first-order chi connectivity index (χ1) is 14.8. The molecule has 0 unspecified atom stereocenters. The lowest BCUT2D eigenvalue weighted by Crippen LogP contribution is -2.43. The summed E-state index contributed by atoms with van der Waals surface area (Å²) < 4.78 is 5.23. The van der Waals surface area contributed by atoms with Crippen LogP contribution in [-0.2, 0) is 14.4 Å². The van der Waals surface area contributed by atoms with E-state index in [1.807, 2.05) is 44.2 Å². The van der Waals surface area contributed by atoms with Gasteiger partial charge in [-0.05, 0) is 37.7 Å². The van der Waals surface area contributed by atoms with Crippen molar-refractivity contribution in [2.75, 3.05) is 51.0 Å². The average Bonchev–Trinajstić information content (AvgIpc) is 2.75. The fourth-order valence-corrected chi connectivity index (χ4v) is 2.87. The number of anilines is 2. The number of para-hydroxylation sites is 2. The lowest BCUT2D eigenvalue weighted by Gasteiger charge is -2.23. The number of hydrogen-bond acceptors (Lipinski definition) is 5. The number of nitrogens with zero attached hydrogens (tertiary/aromatic N) is 2. The van der Waals surface area contributed by atoms with Gasteiger partial charge in [-0.15, -0.1) is 0 Å². The number of nitrogens with one attached hydrogen (secondary N) is 2. The second kappa shape index (κ2) is 11.7. The van der Waals surface area contributed by atoms with E-state index in [4.69, 9.17) is 4.74 Å². The molecule has 0 aromatic heterocycles. The first-order valence-electron chi connectivity index (χ1n) is 10.1. The number of carbonyl (C=O) groups excluding carboxylic acids is 3. The molecule has 0 aliphatic carbocycles. The lowest BCUT2D eigenvalue weighted by molar-refractivity contribution is -0.134. The smallest absolute Gasteiger partial charge is 0.243 e. The molecule has 0 aliphatic rings. The molecule has 0 radical (unpaired) electrons. The lowest BCUT2D eigenvalue weighted by atomic mass is 10.2. The predicted octanol–water partition coefficient (Wildman–Crippen LogP) is 2.36. The molecule has 0 saturated carbocycles. The maximum Gasteiger partial charge on any atom is 0.243 e. The van der Waals surface area contributed by atoms with Crippen LogP contribution in [0.15, 0.2) is 48.5 Å². The van der Waals surface area contributed by atoms with E-state index in [9.17, 15) is 14.4 Å². The average molecular weight is 427 g/mol. The number of likely N-dealkylation sites (N-methyl/N-ethyl adjacent to an activating group) is 2. The summed E-state index contributed by atoms with van der Waals surface area (Å²) in [5.74, 6) is -0.212. The minimum absolute atomic E-state index is 0.0319. The van der Waals surface area contributed by atoms with E-state index in [0.717, 1.165) is 5.56 Å². The number of aryl methyl sites for hydroxylation is 1. The summed E-state index contributed by atoms with van der Waals surface area (Å²) in [6.07, 6.45) is 0. The summed E-state index contributed by atoms with van der Waals surface area (Å²) in [5, 5.41) is 5.57. The molecule has 0 aliphatic heterocycles. The van der Waals surface area contributed by atoms with Gasteiger partial charge in [-0.3, -0.25) is 19.3 Å².